The summed E-state index contributed by atoms with van der Waals surface area (Å²) in [6.07, 6.45) is 4.11. The van der Waals surface area contributed by atoms with Crippen LogP contribution in [0.3, 0.4) is 0 Å². The summed E-state index contributed by atoms with van der Waals surface area (Å²) >= 11 is 0. The molecule has 0 bridgehead atoms. The highest BCUT2D eigenvalue weighted by atomic mass is 16.3. The van der Waals surface area contributed by atoms with Crippen molar-refractivity contribution in [3.8, 4) is 5.88 Å². The zero-order valence-corrected chi connectivity index (χ0v) is 21.4. The first-order valence-corrected chi connectivity index (χ1v) is 12.1. The van der Waals surface area contributed by atoms with Crippen molar-refractivity contribution < 1.29 is 24.3 Å². The van der Waals surface area contributed by atoms with Crippen molar-refractivity contribution in [2.24, 2.45) is 19.5 Å². The number of hydrogen-bond donors (Lipinski definition) is 1. The van der Waals surface area contributed by atoms with Gasteiger partial charge in [-0.25, -0.2) is 9.59 Å². The highest BCUT2D eigenvalue weighted by molar-refractivity contribution is 6.20. The van der Waals surface area contributed by atoms with Crippen molar-refractivity contribution in [3.63, 3.8) is 0 Å². The molecule has 38 heavy (non-hydrogen) atoms. The molecule has 0 unspecified atom stereocenters. The quantitative estimate of drug-likeness (QED) is 0.344. The van der Waals surface area contributed by atoms with Gasteiger partial charge in [0.05, 0.1) is 6.04 Å². The second-order valence-corrected chi connectivity index (χ2v) is 10.0. The molecule has 1 spiro atoms. The van der Waals surface area contributed by atoms with E-state index in [1.807, 2.05) is 6.07 Å². The minimum atomic E-state index is -1.44. The molecule has 12 nitrogen and oxygen atoms in total. The fourth-order valence-electron chi connectivity index (χ4n) is 5.95. The van der Waals surface area contributed by atoms with Crippen LogP contribution in [0.4, 0.5) is 10.5 Å². The van der Waals surface area contributed by atoms with E-state index in [1.54, 1.807) is 12.1 Å². The van der Waals surface area contributed by atoms with Gasteiger partial charge in [0.15, 0.2) is 11.2 Å². The van der Waals surface area contributed by atoms with Crippen LogP contribution in [0.2, 0.25) is 0 Å². The third kappa shape index (κ3) is 3.29. The molecule has 12 heteroatoms. The van der Waals surface area contributed by atoms with Gasteiger partial charge in [-0.2, -0.15) is 0 Å². The lowest BCUT2D eigenvalue weighted by Gasteiger charge is -2.50. The van der Waals surface area contributed by atoms with E-state index in [2.05, 4.69) is 4.90 Å². The van der Waals surface area contributed by atoms with Crippen molar-refractivity contribution in [2.75, 3.05) is 25.5 Å². The molecular formula is C26H27N5O7. The highest BCUT2D eigenvalue weighted by Crippen LogP contribution is 2.49. The summed E-state index contributed by atoms with van der Waals surface area (Å²) < 4.78 is 1.55. The van der Waals surface area contributed by atoms with E-state index in [-0.39, 0.29) is 12.5 Å². The zero-order valence-electron chi connectivity index (χ0n) is 21.4. The van der Waals surface area contributed by atoms with Crippen LogP contribution in [0.5, 0.6) is 5.88 Å². The molecule has 5 rings (SSSR count). The van der Waals surface area contributed by atoms with E-state index in [1.165, 1.54) is 34.3 Å². The number of urea groups is 1. The number of nitrogens with zero attached hydrogens (tertiary/aromatic N) is 5. The van der Waals surface area contributed by atoms with Crippen LogP contribution >= 0.6 is 0 Å². The summed E-state index contributed by atoms with van der Waals surface area (Å²) in [5.41, 5.74) is -1.47. The first kappa shape index (κ1) is 25.2. The van der Waals surface area contributed by atoms with Gasteiger partial charge in [0.1, 0.15) is 5.56 Å². The Balaban J connectivity index is 1.54. The Morgan fingerprint density at radius 3 is 2.32 bits per heavy atom. The number of barbiturate groups is 1. The van der Waals surface area contributed by atoms with E-state index in [0.29, 0.717) is 18.5 Å². The number of carbonyl (C=O) groups is 4. The number of ketones is 1. The van der Waals surface area contributed by atoms with E-state index in [0.717, 1.165) is 42.7 Å². The van der Waals surface area contributed by atoms with E-state index < -0.39 is 51.7 Å². The predicted octanol–water partition coefficient (Wildman–Crippen LogP) is 0.247. The van der Waals surface area contributed by atoms with Crippen LogP contribution in [0.25, 0.3) is 6.08 Å². The van der Waals surface area contributed by atoms with Gasteiger partial charge in [0, 0.05) is 40.4 Å². The van der Waals surface area contributed by atoms with Gasteiger partial charge < -0.3 is 10.0 Å². The second-order valence-electron chi connectivity index (χ2n) is 10.0. The van der Waals surface area contributed by atoms with Crippen LogP contribution in [-0.4, -0.2) is 74.4 Å². The standard InChI is InChI=1S/C26H27N5O7/c1-27-20(33)19(21(34)28(2)24(27)37)17(32)10-8-14-7-9-16-15(12-14)13-26(18-6-5-11-31(16)18)22(35)29(3)25(38)30(4)23(26)36/h7-10,12,18,33H,5-6,11,13H2,1-4H3/b10-8+/t18-/m1/s1. The summed E-state index contributed by atoms with van der Waals surface area (Å²) in [6, 6.07) is 4.37. The Morgan fingerprint density at radius 2 is 1.66 bits per heavy atom. The van der Waals surface area contributed by atoms with Crippen LogP contribution in [0.1, 0.15) is 34.3 Å². The normalized spacial score (nSPS) is 20.5. The SMILES string of the molecule is CN1C(=O)N(C)C(=O)C2(Cc3cc(/C=C/C(=O)c4c(O)n(C)c(=O)n(C)c4=O)ccc3N3CCC[C@@H]32)C1=O. The molecule has 2 fully saturated rings. The molecule has 0 saturated carbocycles. The molecule has 1 aromatic heterocycles. The minimum absolute atomic E-state index is 0.0981. The fraction of sp³-hybridized carbons (Fsp3) is 0.385. The summed E-state index contributed by atoms with van der Waals surface area (Å²) in [6.45, 7) is 0.657. The van der Waals surface area contributed by atoms with Gasteiger partial charge in [-0.15, -0.1) is 0 Å². The first-order valence-electron chi connectivity index (χ1n) is 12.1. The molecule has 4 amide bonds. The highest BCUT2D eigenvalue weighted by Gasteiger charge is 2.63. The number of anilines is 1. The lowest BCUT2D eigenvalue weighted by molar-refractivity contribution is -0.159. The molecule has 2 aromatic rings. The second kappa shape index (κ2) is 8.54. The summed E-state index contributed by atoms with van der Waals surface area (Å²) in [7, 11) is 5.23. The number of benzene rings is 1. The number of aromatic hydroxyl groups is 1. The summed E-state index contributed by atoms with van der Waals surface area (Å²) in [5, 5.41) is 10.2. The Morgan fingerprint density at radius 1 is 1.00 bits per heavy atom. The third-order valence-corrected chi connectivity index (χ3v) is 7.96. The molecule has 2 saturated heterocycles. The molecule has 3 aliphatic heterocycles. The lowest BCUT2D eigenvalue weighted by atomic mass is 9.68. The number of hydrogen-bond acceptors (Lipinski definition) is 8. The van der Waals surface area contributed by atoms with Gasteiger partial charge in [-0.1, -0.05) is 12.1 Å². The van der Waals surface area contributed by atoms with E-state index in [9.17, 15) is 33.9 Å². The largest absolute Gasteiger partial charge is 0.494 e. The van der Waals surface area contributed by atoms with Gasteiger partial charge >= 0.3 is 11.7 Å². The average Bonchev–Trinajstić information content (AvgIpc) is 3.41. The zero-order chi connectivity index (χ0) is 27.7. The van der Waals surface area contributed by atoms with Gasteiger partial charge in [0.2, 0.25) is 17.7 Å². The van der Waals surface area contributed by atoms with E-state index >= 15 is 0 Å². The van der Waals surface area contributed by atoms with Crippen molar-refractivity contribution >= 4 is 35.4 Å². The summed E-state index contributed by atoms with van der Waals surface area (Å²) in [5.74, 6) is -2.56. The number of allylic oxidation sites excluding steroid dienone is 1. The number of fused-ring (bicyclic) bond motifs is 4. The van der Waals surface area contributed by atoms with Crippen LogP contribution in [0.15, 0.2) is 33.9 Å². The smallest absolute Gasteiger partial charge is 0.333 e. The molecule has 1 aromatic carbocycles. The Kier molecular flexibility index (Phi) is 5.66. The minimum Gasteiger partial charge on any atom is -0.494 e. The van der Waals surface area contributed by atoms with Crippen molar-refractivity contribution in [1.29, 1.82) is 0 Å². The maximum absolute atomic E-state index is 13.5. The lowest BCUT2D eigenvalue weighted by Crippen LogP contribution is -2.70. The number of carbonyl (C=O) groups excluding carboxylic acids is 4. The van der Waals surface area contributed by atoms with Crippen LogP contribution in [-0.2, 0) is 30.1 Å². The summed E-state index contributed by atoms with van der Waals surface area (Å²) in [4.78, 5) is 80.8. The van der Waals surface area contributed by atoms with Crippen molar-refractivity contribution in [1.82, 2.24) is 18.9 Å². The van der Waals surface area contributed by atoms with Crippen LogP contribution < -0.4 is 16.1 Å². The van der Waals surface area contributed by atoms with Crippen molar-refractivity contribution in [2.45, 2.75) is 25.3 Å². The number of amides is 4. The molecule has 0 radical (unpaired) electrons. The van der Waals surface area contributed by atoms with E-state index in [4.69, 9.17) is 0 Å². The molecule has 4 heterocycles. The first-order chi connectivity index (χ1) is 17.9. The third-order valence-electron chi connectivity index (χ3n) is 7.96. The molecule has 3 aliphatic rings. The number of imide groups is 2. The van der Waals surface area contributed by atoms with Gasteiger partial charge in [-0.05, 0) is 48.6 Å². The average molecular weight is 522 g/mol. The number of rotatable bonds is 3. The van der Waals surface area contributed by atoms with Gasteiger partial charge in [-0.3, -0.25) is 38.1 Å². The molecule has 1 N–H and O–H groups in total. The van der Waals surface area contributed by atoms with Gasteiger partial charge in [0.25, 0.3) is 5.56 Å². The Labute approximate surface area is 217 Å². The van der Waals surface area contributed by atoms with Crippen molar-refractivity contribution in [3.05, 3.63) is 61.8 Å². The maximum atomic E-state index is 13.5. The predicted molar refractivity (Wildman–Crippen MR) is 136 cm³/mol. The maximum Gasteiger partial charge on any atom is 0.333 e. The Bertz CT molecular complexity index is 1560. The topological polar surface area (TPSA) is 142 Å². The monoisotopic (exact) mass is 521 g/mol. The molecule has 0 aliphatic carbocycles. The molecule has 198 valence electrons. The molecular weight excluding hydrogens is 494 g/mol. The molecule has 1 atom stereocenters. The van der Waals surface area contributed by atoms with Crippen LogP contribution in [0, 0.1) is 5.41 Å². The Hall–Kier alpha value is -4.48. The number of aromatic nitrogens is 2. The fourth-order valence-corrected chi connectivity index (χ4v) is 5.95.